The molecule has 0 aromatic carbocycles. The quantitative estimate of drug-likeness (QED) is 0.397. The third kappa shape index (κ3) is 6.65. The molecule has 0 spiro atoms. The van der Waals surface area contributed by atoms with E-state index in [2.05, 4.69) is 13.0 Å². The summed E-state index contributed by atoms with van der Waals surface area (Å²) >= 11 is 0. The zero-order valence-corrected chi connectivity index (χ0v) is 18.1. The van der Waals surface area contributed by atoms with Gasteiger partial charge in [-0.05, 0) is 43.1 Å². The van der Waals surface area contributed by atoms with Crippen molar-refractivity contribution in [3.8, 4) is 0 Å². The Hall–Kier alpha value is -1.70. The third-order valence-electron chi connectivity index (χ3n) is 6.44. The fourth-order valence-electron chi connectivity index (χ4n) is 4.52. The van der Waals surface area contributed by atoms with E-state index < -0.39 is 30.4 Å². The molecule has 0 saturated heterocycles. The predicted molar refractivity (Wildman–Crippen MR) is 111 cm³/mol. The number of hydrogen-bond acceptors (Lipinski definition) is 6. The maximum Gasteiger partial charge on any atom is 0.308 e. The number of aliphatic hydroxyl groups is 3. The number of hydrogen-bond donors (Lipinski definition) is 4. The zero-order valence-electron chi connectivity index (χ0n) is 18.1. The number of carbonyl (C=O) groups excluding carboxylic acids is 1. The number of rotatable bonds is 10. The summed E-state index contributed by atoms with van der Waals surface area (Å²) in [6.45, 7) is 5.85. The first-order valence-corrected chi connectivity index (χ1v) is 11.0. The lowest BCUT2D eigenvalue weighted by Gasteiger charge is -2.43. The van der Waals surface area contributed by atoms with Crippen LogP contribution in [0.25, 0.3) is 0 Å². The zero-order chi connectivity index (χ0) is 22.4. The van der Waals surface area contributed by atoms with Crippen LogP contribution in [0.3, 0.4) is 0 Å². The van der Waals surface area contributed by atoms with E-state index in [0.29, 0.717) is 25.7 Å². The van der Waals surface area contributed by atoms with Gasteiger partial charge in [0.1, 0.15) is 6.10 Å². The molecule has 7 nitrogen and oxygen atoms in total. The van der Waals surface area contributed by atoms with Gasteiger partial charge in [0.25, 0.3) is 0 Å². The van der Waals surface area contributed by atoms with Crippen LogP contribution in [0.5, 0.6) is 0 Å². The highest BCUT2D eigenvalue weighted by molar-refractivity contribution is 5.72. The van der Waals surface area contributed by atoms with Gasteiger partial charge in [0, 0.05) is 12.3 Å². The summed E-state index contributed by atoms with van der Waals surface area (Å²) in [7, 11) is 0. The van der Waals surface area contributed by atoms with Crippen molar-refractivity contribution in [1.82, 2.24) is 0 Å². The minimum absolute atomic E-state index is 0.0156. The molecule has 0 aliphatic heterocycles. The summed E-state index contributed by atoms with van der Waals surface area (Å²) in [5.74, 6) is -1.31. The molecule has 2 aliphatic carbocycles. The van der Waals surface area contributed by atoms with Gasteiger partial charge in [-0.15, -0.1) is 0 Å². The minimum Gasteiger partial charge on any atom is -0.481 e. The average Bonchev–Trinajstić information content (AvgIpc) is 2.65. The number of ether oxygens (including phenoxy) is 1. The molecule has 0 aromatic heterocycles. The van der Waals surface area contributed by atoms with Crippen LogP contribution in [0.15, 0.2) is 23.8 Å². The van der Waals surface area contributed by atoms with Crippen molar-refractivity contribution in [2.24, 2.45) is 23.7 Å². The highest BCUT2D eigenvalue weighted by Crippen LogP contribution is 2.44. The summed E-state index contributed by atoms with van der Waals surface area (Å²) < 4.78 is 5.84. The highest BCUT2D eigenvalue weighted by Gasteiger charge is 2.42. The van der Waals surface area contributed by atoms with Crippen LogP contribution >= 0.6 is 0 Å². The molecule has 0 unspecified atom stereocenters. The Kier molecular flexibility index (Phi) is 9.07. The van der Waals surface area contributed by atoms with E-state index in [-0.39, 0.29) is 42.5 Å². The highest BCUT2D eigenvalue weighted by atomic mass is 16.5. The second-order valence-corrected chi connectivity index (χ2v) is 8.88. The second kappa shape index (κ2) is 11.1. The van der Waals surface area contributed by atoms with Gasteiger partial charge < -0.3 is 25.2 Å². The number of carbonyl (C=O) groups is 2. The van der Waals surface area contributed by atoms with Crippen LogP contribution in [0.2, 0.25) is 0 Å². The van der Waals surface area contributed by atoms with Crippen molar-refractivity contribution in [3.05, 3.63) is 23.8 Å². The molecule has 2 rings (SSSR count). The van der Waals surface area contributed by atoms with E-state index >= 15 is 0 Å². The van der Waals surface area contributed by atoms with Gasteiger partial charge in [0.15, 0.2) is 0 Å². The van der Waals surface area contributed by atoms with Crippen LogP contribution in [-0.2, 0) is 14.3 Å². The molecular weight excluding hydrogens is 388 g/mol. The smallest absolute Gasteiger partial charge is 0.308 e. The van der Waals surface area contributed by atoms with Crippen molar-refractivity contribution in [1.29, 1.82) is 0 Å². The number of carboxylic acid groups (broad SMARTS) is 1. The Morgan fingerprint density at radius 3 is 2.60 bits per heavy atom. The first kappa shape index (κ1) is 24.6. The normalized spacial score (nSPS) is 31.3. The van der Waals surface area contributed by atoms with Crippen LogP contribution in [-0.4, -0.2) is 56.8 Å². The fourth-order valence-corrected chi connectivity index (χ4v) is 4.52. The lowest BCUT2D eigenvalue weighted by Crippen LogP contribution is -2.43. The lowest BCUT2D eigenvalue weighted by atomic mass is 9.66. The van der Waals surface area contributed by atoms with E-state index in [0.717, 1.165) is 5.57 Å². The van der Waals surface area contributed by atoms with Gasteiger partial charge in [-0.3, -0.25) is 9.59 Å². The van der Waals surface area contributed by atoms with E-state index in [4.69, 9.17) is 9.84 Å². The Morgan fingerprint density at radius 1 is 1.27 bits per heavy atom. The van der Waals surface area contributed by atoms with Crippen molar-refractivity contribution in [2.75, 3.05) is 0 Å². The third-order valence-corrected chi connectivity index (χ3v) is 6.44. The molecule has 0 aromatic rings. The Bertz CT molecular complexity index is 656. The summed E-state index contributed by atoms with van der Waals surface area (Å²) in [4.78, 5) is 23.1. The summed E-state index contributed by atoms with van der Waals surface area (Å²) in [5.41, 5.74) is 0.958. The standard InChI is InChI=1S/C23H36O7/c1-4-13(2)23(29)30-20-11-17(25)9-15-6-5-14(3)19(22(15)20)8-7-16(24)10-18(26)12-21(27)28/h5-6,9,13-14,16-20,22,24-26H,4,7-8,10-12H2,1-3H3,(H,27,28)/t13-,14-,16+,17+,18+,19-,20-,22+/m0/s1. The number of carboxylic acids is 1. The first-order chi connectivity index (χ1) is 14.1. The molecule has 0 heterocycles. The van der Waals surface area contributed by atoms with E-state index in [9.17, 15) is 24.9 Å². The largest absolute Gasteiger partial charge is 0.481 e. The van der Waals surface area contributed by atoms with Gasteiger partial charge in [0.2, 0.25) is 0 Å². The fraction of sp³-hybridized carbons (Fsp3) is 0.739. The molecular formula is C23H36O7. The van der Waals surface area contributed by atoms with Gasteiger partial charge in [-0.2, -0.15) is 0 Å². The molecule has 0 bridgehead atoms. The molecule has 7 heteroatoms. The van der Waals surface area contributed by atoms with Crippen LogP contribution in [0, 0.1) is 23.7 Å². The van der Waals surface area contributed by atoms with Gasteiger partial charge in [-0.25, -0.2) is 0 Å². The molecule has 0 amide bonds. The van der Waals surface area contributed by atoms with Gasteiger partial charge in [0.05, 0.1) is 30.7 Å². The molecule has 30 heavy (non-hydrogen) atoms. The monoisotopic (exact) mass is 424 g/mol. The van der Waals surface area contributed by atoms with Crippen molar-refractivity contribution >= 4 is 11.9 Å². The maximum atomic E-state index is 12.4. The van der Waals surface area contributed by atoms with Crippen LogP contribution in [0.4, 0.5) is 0 Å². The van der Waals surface area contributed by atoms with Crippen molar-refractivity contribution in [2.45, 2.75) is 83.7 Å². The second-order valence-electron chi connectivity index (χ2n) is 8.88. The molecule has 0 saturated carbocycles. The molecule has 0 fully saturated rings. The Morgan fingerprint density at radius 2 is 1.97 bits per heavy atom. The molecule has 2 aliphatic rings. The van der Waals surface area contributed by atoms with E-state index in [1.54, 1.807) is 0 Å². The number of aliphatic hydroxyl groups excluding tert-OH is 3. The summed E-state index contributed by atoms with van der Waals surface area (Å²) in [6, 6.07) is 0. The first-order valence-electron chi connectivity index (χ1n) is 11.0. The molecule has 170 valence electrons. The average molecular weight is 425 g/mol. The molecule has 0 radical (unpaired) electrons. The predicted octanol–water partition coefficient (Wildman–Crippen LogP) is 2.44. The lowest BCUT2D eigenvalue weighted by molar-refractivity contribution is -0.159. The van der Waals surface area contributed by atoms with Crippen molar-refractivity contribution in [3.63, 3.8) is 0 Å². The number of aliphatic carboxylic acids is 1. The molecule has 4 N–H and O–H groups in total. The Labute approximate surface area is 178 Å². The number of allylic oxidation sites excluding steroid dienone is 2. The van der Waals surface area contributed by atoms with Crippen LogP contribution in [0.1, 0.15) is 59.3 Å². The SMILES string of the molecule is CC[C@H](C)C(=O)O[C@H]1C[C@H](O)C=C2C=C[C@H](C)[C@H](CC[C@@H](O)C[C@@H](O)CC(=O)O)[C@@H]21. The maximum absolute atomic E-state index is 12.4. The van der Waals surface area contributed by atoms with Gasteiger partial charge in [-0.1, -0.05) is 39.0 Å². The van der Waals surface area contributed by atoms with Crippen LogP contribution < -0.4 is 0 Å². The summed E-state index contributed by atoms with van der Waals surface area (Å²) in [5, 5.41) is 39.1. The topological polar surface area (TPSA) is 124 Å². The number of fused-ring (bicyclic) bond motifs is 1. The van der Waals surface area contributed by atoms with E-state index in [1.807, 2.05) is 26.0 Å². The minimum atomic E-state index is -1.10. The molecule has 8 atom stereocenters. The Balaban J connectivity index is 2.09. The van der Waals surface area contributed by atoms with Crippen molar-refractivity contribution < 1.29 is 34.8 Å². The summed E-state index contributed by atoms with van der Waals surface area (Å²) in [6.07, 6.45) is 4.64. The van der Waals surface area contributed by atoms with E-state index in [1.165, 1.54) is 0 Å². The number of esters is 1. The van der Waals surface area contributed by atoms with Gasteiger partial charge >= 0.3 is 11.9 Å².